The lowest BCUT2D eigenvalue weighted by molar-refractivity contribution is 0.684. The molecule has 0 aliphatic heterocycles. The van der Waals surface area contributed by atoms with E-state index in [0.29, 0.717) is 5.69 Å². The van der Waals surface area contributed by atoms with Crippen molar-refractivity contribution in [2.24, 2.45) is 5.73 Å². The summed E-state index contributed by atoms with van der Waals surface area (Å²) >= 11 is 4.80. The van der Waals surface area contributed by atoms with Crippen LogP contribution in [0, 0.1) is 0 Å². The van der Waals surface area contributed by atoms with Gasteiger partial charge in [-0.15, -0.1) is 0 Å². The maximum atomic E-state index is 5.43. The van der Waals surface area contributed by atoms with Gasteiger partial charge in [-0.2, -0.15) is 0 Å². The molecular weight excluding hydrogens is 220 g/mol. The van der Waals surface area contributed by atoms with Crippen LogP contribution in [0.25, 0.3) is 0 Å². The van der Waals surface area contributed by atoms with E-state index in [2.05, 4.69) is 22.2 Å². The van der Waals surface area contributed by atoms with Gasteiger partial charge in [-0.3, -0.25) is 0 Å². The number of nitrogens with one attached hydrogen (secondary N) is 1. The molecule has 0 aromatic carbocycles. The Balaban J connectivity index is 2.29. The predicted octanol–water partition coefficient (Wildman–Crippen LogP) is 2.10. The lowest BCUT2D eigenvalue weighted by Gasteiger charge is -2.05. The third-order valence-corrected chi connectivity index (χ3v) is 2.45. The number of hydrogen-bond acceptors (Lipinski definition) is 4. The lowest BCUT2D eigenvalue weighted by atomic mass is 10.2. The van der Waals surface area contributed by atoms with E-state index in [4.69, 9.17) is 18.0 Å². The van der Waals surface area contributed by atoms with Crippen molar-refractivity contribution in [1.29, 1.82) is 0 Å². The molecule has 0 unspecified atom stereocenters. The molecule has 0 aliphatic rings. The number of unbranched alkanes of at least 4 members (excludes halogenated alkanes) is 3. The average Bonchev–Trinajstić information content (AvgIpc) is 2.29. The third-order valence-electron chi connectivity index (χ3n) is 2.24. The van der Waals surface area contributed by atoms with Crippen LogP contribution in [0.5, 0.6) is 0 Å². The zero-order valence-electron chi connectivity index (χ0n) is 9.57. The third kappa shape index (κ3) is 4.53. The molecule has 0 amide bonds. The molecule has 1 aromatic rings. The van der Waals surface area contributed by atoms with Gasteiger partial charge in [-0.25, -0.2) is 9.97 Å². The first kappa shape index (κ1) is 12.8. The fraction of sp³-hybridized carbons (Fsp3) is 0.545. The molecule has 88 valence electrons. The van der Waals surface area contributed by atoms with Crippen LogP contribution >= 0.6 is 12.2 Å². The Bertz CT molecular complexity index is 323. The van der Waals surface area contributed by atoms with Gasteiger partial charge in [0.2, 0.25) is 0 Å². The highest BCUT2D eigenvalue weighted by Gasteiger charge is 1.98. The van der Waals surface area contributed by atoms with E-state index in [1.54, 1.807) is 12.4 Å². The van der Waals surface area contributed by atoms with Gasteiger partial charge in [0.15, 0.2) is 0 Å². The van der Waals surface area contributed by atoms with Crippen molar-refractivity contribution in [3.63, 3.8) is 0 Å². The number of thiocarbonyl (C=S) groups is 1. The summed E-state index contributed by atoms with van der Waals surface area (Å²) < 4.78 is 0. The fourth-order valence-corrected chi connectivity index (χ4v) is 1.42. The van der Waals surface area contributed by atoms with Crippen molar-refractivity contribution in [1.82, 2.24) is 9.97 Å². The molecule has 4 nitrogen and oxygen atoms in total. The summed E-state index contributed by atoms with van der Waals surface area (Å²) in [6.07, 6.45) is 8.20. The molecule has 0 radical (unpaired) electrons. The smallest absolute Gasteiger partial charge is 0.144 e. The number of nitrogens with zero attached hydrogens (tertiary/aromatic N) is 2. The second-order valence-electron chi connectivity index (χ2n) is 3.64. The number of anilines is 1. The standard InChI is InChI=1S/C11H18N4S/c1-2-3-4-5-6-13-10-8-14-9(7-15-10)11(12)16/h7-8H,2-6H2,1H3,(H2,12,16)(H,13,15). The minimum atomic E-state index is 0.280. The molecule has 0 bridgehead atoms. The zero-order chi connectivity index (χ0) is 11.8. The van der Waals surface area contributed by atoms with Crippen LogP contribution in [-0.4, -0.2) is 21.5 Å². The Morgan fingerprint density at radius 2 is 2.12 bits per heavy atom. The predicted molar refractivity (Wildman–Crippen MR) is 70.6 cm³/mol. The van der Waals surface area contributed by atoms with Gasteiger partial charge >= 0.3 is 0 Å². The van der Waals surface area contributed by atoms with Crippen molar-refractivity contribution in [3.05, 3.63) is 18.1 Å². The van der Waals surface area contributed by atoms with Gasteiger partial charge in [0.05, 0.1) is 12.4 Å². The molecule has 1 aromatic heterocycles. The minimum Gasteiger partial charge on any atom is -0.388 e. The van der Waals surface area contributed by atoms with Crippen LogP contribution in [0.15, 0.2) is 12.4 Å². The van der Waals surface area contributed by atoms with Gasteiger partial charge in [0.1, 0.15) is 16.5 Å². The van der Waals surface area contributed by atoms with E-state index in [9.17, 15) is 0 Å². The molecule has 0 aliphatic carbocycles. The first-order valence-corrected chi connectivity index (χ1v) is 6.00. The van der Waals surface area contributed by atoms with Crippen molar-refractivity contribution in [2.45, 2.75) is 32.6 Å². The summed E-state index contributed by atoms with van der Waals surface area (Å²) in [5, 5.41) is 3.21. The molecule has 0 saturated carbocycles. The van der Waals surface area contributed by atoms with Gasteiger partial charge in [0, 0.05) is 6.54 Å². The number of nitrogens with two attached hydrogens (primary N) is 1. The molecule has 1 heterocycles. The van der Waals surface area contributed by atoms with Crippen LogP contribution in [-0.2, 0) is 0 Å². The number of rotatable bonds is 7. The summed E-state index contributed by atoms with van der Waals surface area (Å²) in [4.78, 5) is 8.56. The largest absolute Gasteiger partial charge is 0.388 e. The van der Waals surface area contributed by atoms with Gasteiger partial charge in [-0.1, -0.05) is 38.4 Å². The summed E-state index contributed by atoms with van der Waals surface area (Å²) in [6, 6.07) is 0. The van der Waals surface area contributed by atoms with Crippen LogP contribution in [0.1, 0.15) is 38.3 Å². The fourth-order valence-electron chi connectivity index (χ4n) is 1.31. The highest BCUT2D eigenvalue weighted by Crippen LogP contribution is 2.03. The van der Waals surface area contributed by atoms with E-state index >= 15 is 0 Å². The highest BCUT2D eigenvalue weighted by molar-refractivity contribution is 7.80. The summed E-state index contributed by atoms with van der Waals surface area (Å²) in [7, 11) is 0. The maximum Gasteiger partial charge on any atom is 0.144 e. The first-order valence-electron chi connectivity index (χ1n) is 5.59. The van der Waals surface area contributed by atoms with Crippen molar-refractivity contribution in [2.75, 3.05) is 11.9 Å². The minimum absolute atomic E-state index is 0.280. The van der Waals surface area contributed by atoms with Gasteiger partial charge in [-0.05, 0) is 6.42 Å². The molecule has 5 heteroatoms. The van der Waals surface area contributed by atoms with Crippen LogP contribution in [0.2, 0.25) is 0 Å². The second kappa shape index (κ2) is 7.11. The molecule has 16 heavy (non-hydrogen) atoms. The maximum absolute atomic E-state index is 5.43. The van der Waals surface area contributed by atoms with E-state index in [1.807, 2.05) is 0 Å². The Labute approximate surface area is 102 Å². The average molecular weight is 238 g/mol. The van der Waals surface area contributed by atoms with Gasteiger partial charge in [0.25, 0.3) is 0 Å². The van der Waals surface area contributed by atoms with Crippen LogP contribution in [0.3, 0.4) is 0 Å². The van der Waals surface area contributed by atoms with E-state index < -0.39 is 0 Å². The second-order valence-corrected chi connectivity index (χ2v) is 4.08. The normalized spacial score (nSPS) is 10.1. The first-order chi connectivity index (χ1) is 7.74. The zero-order valence-corrected chi connectivity index (χ0v) is 10.4. The highest BCUT2D eigenvalue weighted by atomic mass is 32.1. The Morgan fingerprint density at radius 1 is 1.31 bits per heavy atom. The van der Waals surface area contributed by atoms with E-state index in [0.717, 1.165) is 18.8 Å². The Hall–Kier alpha value is -1.23. The molecular formula is C11H18N4S. The number of hydrogen-bond donors (Lipinski definition) is 2. The lowest BCUT2D eigenvalue weighted by Crippen LogP contribution is -2.12. The van der Waals surface area contributed by atoms with Crippen molar-refractivity contribution in [3.8, 4) is 0 Å². The van der Waals surface area contributed by atoms with Crippen molar-refractivity contribution < 1.29 is 0 Å². The molecule has 0 spiro atoms. The topological polar surface area (TPSA) is 63.8 Å². The van der Waals surface area contributed by atoms with E-state index in [-0.39, 0.29) is 4.99 Å². The van der Waals surface area contributed by atoms with Crippen LogP contribution in [0.4, 0.5) is 5.82 Å². The monoisotopic (exact) mass is 238 g/mol. The molecule has 0 fully saturated rings. The molecule has 3 N–H and O–H groups in total. The van der Waals surface area contributed by atoms with Gasteiger partial charge < -0.3 is 11.1 Å². The quantitative estimate of drug-likeness (QED) is 0.562. The molecule has 1 rings (SSSR count). The molecule has 0 saturated heterocycles. The summed E-state index contributed by atoms with van der Waals surface area (Å²) in [6.45, 7) is 3.13. The SMILES string of the molecule is CCCCCCNc1cnc(C(N)=S)cn1. The van der Waals surface area contributed by atoms with E-state index in [1.165, 1.54) is 19.3 Å². The van der Waals surface area contributed by atoms with Crippen molar-refractivity contribution >= 4 is 23.0 Å². The summed E-state index contributed by atoms with van der Waals surface area (Å²) in [5.41, 5.74) is 5.99. The van der Waals surface area contributed by atoms with Crippen LogP contribution < -0.4 is 11.1 Å². The summed E-state index contributed by atoms with van der Waals surface area (Å²) in [5.74, 6) is 0.775. The Kier molecular flexibility index (Phi) is 5.71. The number of aromatic nitrogens is 2. The molecule has 0 atom stereocenters. The Morgan fingerprint density at radius 3 is 2.69 bits per heavy atom.